The summed E-state index contributed by atoms with van der Waals surface area (Å²) < 4.78 is 44.6. The van der Waals surface area contributed by atoms with Crippen LogP contribution in [0.2, 0.25) is 0 Å². The van der Waals surface area contributed by atoms with Crippen LogP contribution in [-0.2, 0) is 16.6 Å². The summed E-state index contributed by atoms with van der Waals surface area (Å²) >= 11 is 0. The number of benzene rings is 2. The highest BCUT2D eigenvalue weighted by molar-refractivity contribution is 7.89. The molecule has 1 aromatic heterocycles. The molecule has 5 nitrogen and oxygen atoms in total. The Balaban J connectivity index is 1.78. The monoisotopic (exact) mass is 306 g/mol. The summed E-state index contributed by atoms with van der Waals surface area (Å²) in [6.45, 7) is -0.0750. The molecule has 0 fully saturated rings. The van der Waals surface area contributed by atoms with Crippen LogP contribution in [0, 0.1) is 5.82 Å². The van der Waals surface area contributed by atoms with Crippen molar-refractivity contribution in [3.8, 4) is 0 Å². The molecule has 0 saturated heterocycles. The number of nitrogens with one attached hydrogen (secondary N) is 1. The van der Waals surface area contributed by atoms with Crippen molar-refractivity contribution in [2.45, 2.75) is 11.4 Å². The lowest BCUT2D eigenvalue weighted by atomic mass is 10.3. The summed E-state index contributed by atoms with van der Waals surface area (Å²) in [4.78, 5) is 4.16. The smallest absolute Gasteiger partial charge is 0.241 e. The van der Waals surface area contributed by atoms with E-state index in [-0.39, 0.29) is 17.3 Å². The number of fused-ring (bicyclic) bond motifs is 1. The van der Waals surface area contributed by atoms with E-state index in [0.29, 0.717) is 11.1 Å². The maximum absolute atomic E-state index is 12.8. The first-order valence-corrected chi connectivity index (χ1v) is 7.63. The lowest BCUT2D eigenvalue weighted by molar-refractivity contribution is 0.513. The number of oxazole rings is 1. The van der Waals surface area contributed by atoms with Crippen LogP contribution in [0.15, 0.2) is 57.8 Å². The Hall–Kier alpha value is -2.25. The number of halogens is 1. The lowest BCUT2D eigenvalue weighted by Gasteiger charge is -2.04. The standard InChI is InChI=1S/C14H11FN2O3S/c15-10-5-7-11(8-6-10)21(18,19)16-9-14-17-12-3-1-2-4-13(12)20-14/h1-8,16H,9H2. The SMILES string of the molecule is O=S(=O)(NCc1nc2ccccc2o1)c1ccc(F)cc1. The minimum Gasteiger partial charge on any atom is -0.439 e. The molecular formula is C14H11FN2O3S. The number of sulfonamides is 1. The highest BCUT2D eigenvalue weighted by Gasteiger charge is 2.15. The summed E-state index contributed by atoms with van der Waals surface area (Å²) in [5.74, 6) is -0.227. The topological polar surface area (TPSA) is 72.2 Å². The third kappa shape index (κ3) is 2.93. The van der Waals surface area contributed by atoms with E-state index in [0.717, 1.165) is 12.1 Å². The van der Waals surface area contributed by atoms with E-state index >= 15 is 0 Å². The molecule has 0 radical (unpaired) electrons. The van der Waals surface area contributed by atoms with Gasteiger partial charge in [-0.25, -0.2) is 22.5 Å². The van der Waals surface area contributed by atoms with Crippen molar-refractivity contribution in [1.29, 1.82) is 0 Å². The predicted molar refractivity (Wildman–Crippen MR) is 74.4 cm³/mol. The third-order valence-electron chi connectivity index (χ3n) is 2.88. The Bertz CT molecular complexity index is 840. The molecule has 3 rings (SSSR count). The lowest BCUT2D eigenvalue weighted by Crippen LogP contribution is -2.23. The first-order valence-electron chi connectivity index (χ1n) is 6.14. The van der Waals surface area contributed by atoms with Gasteiger partial charge in [-0.15, -0.1) is 0 Å². The predicted octanol–water partition coefficient (Wildman–Crippen LogP) is 2.45. The fourth-order valence-corrected chi connectivity index (χ4v) is 2.82. The molecule has 0 saturated carbocycles. The van der Waals surface area contributed by atoms with Gasteiger partial charge in [-0.05, 0) is 36.4 Å². The van der Waals surface area contributed by atoms with E-state index in [4.69, 9.17) is 4.42 Å². The van der Waals surface area contributed by atoms with Crippen molar-refractivity contribution in [1.82, 2.24) is 9.71 Å². The van der Waals surface area contributed by atoms with Crippen LogP contribution in [0.4, 0.5) is 4.39 Å². The van der Waals surface area contributed by atoms with E-state index in [2.05, 4.69) is 9.71 Å². The van der Waals surface area contributed by atoms with Gasteiger partial charge >= 0.3 is 0 Å². The van der Waals surface area contributed by atoms with Gasteiger partial charge < -0.3 is 4.42 Å². The molecule has 108 valence electrons. The molecule has 0 aliphatic heterocycles. The zero-order chi connectivity index (χ0) is 14.9. The van der Waals surface area contributed by atoms with Crippen LogP contribution < -0.4 is 4.72 Å². The largest absolute Gasteiger partial charge is 0.439 e. The molecule has 0 aliphatic carbocycles. The Morgan fingerprint density at radius 2 is 1.81 bits per heavy atom. The van der Waals surface area contributed by atoms with Crippen molar-refractivity contribution in [2.75, 3.05) is 0 Å². The van der Waals surface area contributed by atoms with Gasteiger partial charge in [0.05, 0.1) is 11.4 Å². The number of aromatic nitrogens is 1. The van der Waals surface area contributed by atoms with E-state index in [1.54, 1.807) is 18.2 Å². The van der Waals surface area contributed by atoms with Crippen molar-refractivity contribution in [3.63, 3.8) is 0 Å². The highest BCUT2D eigenvalue weighted by atomic mass is 32.2. The second-order valence-corrected chi connectivity index (χ2v) is 6.12. The normalized spacial score (nSPS) is 11.9. The van der Waals surface area contributed by atoms with Crippen molar-refractivity contribution < 1.29 is 17.2 Å². The quantitative estimate of drug-likeness (QED) is 0.803. The van der Waals surface area contributed by atoms with Crippen LogP contribution in [-0.4, -0.2) is 13.4 Å². The van der Waals surface area contributed by atoms with Gasteiger partial charge in [-0.3, -0.25) is 0 Å². The maximum Gasteiger partial charge on any atom is 0.241 e. The average Bonchev–Trinajstić information content (AvgIpc) is 2.89. The molecule has 0 spiro atoms. The van der Waals surface area contributed by atoms with E-state index in [1.807, 2.05) is 6.07 Å². The molecule has 21 heavy (non-hydrogen) atoms. The zero-order valence-corrected chi connectivity index (χ0v) is 11.6. The molecule has 7 heteroatoms. The van der Waals surface area contributed by atoms with Crippen molar-refractivity contribution in [3.05, 3.63) is 60.2 Å². The molecule has 0 amide bonds. The molecule has 3 aromatic rings. The zero-order valence-electron chi connectivity index (χ0n) is 10.8. The second kappa shape index (κ2) is 5.27. The van der Waals surface area contributed by atoms with Crippen molar-refractivity contribution >= 4 is 21.1 Å². The fraction of sp³-hybridized carbons (Fsp3) is 0.0714. The molecule has 0 bridgehead atoms. The van der Waals surface area contributed by atoms with Gasteiger partial charge in [0.25, 0.3) is 0 Å². The van der Waals surface area contributed by atoms with Crippen LogP contribution in [0.3, 0.4) is 0 Å². The van der Waals surface area contributed by atoms with Crippen LogP contribution in [0.5, 0.6) is 0 Å². The molecular weight excluding hydrogens is 295 g/mol. The van der Waals surface area contributed by atoms with Gasteiger partial charge in [0.2, 0.25) is 15.9 Å². The Labute approximate surface area is 120 Å². The Morgan fingerprint density at radius 1 is 1.10 bits per heavy atom. The van der Waals surface area contributed by atoms with E-state index < -0.39 is 15.8 Å². The number of nitrogens with zero attached hydrogens (tertiary/aromatic N) is 1. The number of hydrogen-bond donors (Lipinski definition) is 1. The van der Waals surface area contributed by atoms with Crippen LogP contribution >= 0.6 is 0 Å². The molecule has 1 N–H and O–H groups in total. The first-order chi connectivity index (χ1) is 10.0. The summed E-state index contributed by atoms with van der Waals surface area (Å²) in [6.07, 6.45) is 0. The van der Waals surface area contributed by atoms with Crippen molar-refractivity contribution in [2.24, 2.45) is 0 Å². The molecule has 0 unspecified atom stereocenters. The second-order valence-electron chi connectivity index (χ2n) is 4.35. The summed E-state index contributed by atoms with van der Waals surface area (Å²) in [5.41, 5.74) is 1.25. The van der Waals surface area contributed by atoms with Crippen LogP contribution in [0.1, 0.15) is 5.89 Å². The van der Waals surface area contributed by atoms with E-state index in [1.165, 1.54) is 12.1 Å². The first kappa shape index (κ1) is 13.7. The minimum atomic E-state index is -3.73. The van der Waals surface area contributed by atoms with Gasteiger partial charge in [-0.1, -0.05) is 12.1 Å². The van der Waals surface area contributed by atoms with Gasteiger partial charge in [0.15, 0.2) is 5.58 Å². The molecule has 2 aromatic carbocycles. The highest BCUT2D eigenvalue weighted by Crippen LogP contribution is 2.15. The number of hydrogen-bond acceptors (Lipinski definition) is 4. The van der Waals surface area contributed by atoms with E-state index in [9.17, 15) is 12.8 Å². The number of rotatable bonds is 4. The third-order valence-corrected chi connectivity index (χ3v) is 4.29. The summed E-state index contributed by atoms with van der Waals surface area (Å²) in [7, 11) is -3.73. The molecule has 0 aliphatic rings. The van der Waals surface area contributed by atoms with Gasteiger partial charge in [0, 0.05) is 0 Å². The minimum absolute atomic E-state index is 0.0139. The molecule has 0 atom stereocenters. The summed E-state index contributed by atoms with van der Waals surface area (Å²) in [6, 6.07) is 11.7. The van der Waals surface area contributed by atoms with Gasteiger partial charge in [0.1, 0.15) is 11.3 Å². The maximum atomic E-state index is 12.8. The Kier molecular flexibility index (Phi) is 3.44. The number of para-hydroxylation sites is 2. The summed E-state index contributed by atoms with van der Waals surface area (Å²) in [5, 5.41) is 0. The van der Waals surface area contributed by atoms with Gasteiger partial charge in [-0.2, -0.15) is 0 Å². The fourth-order valence-electron chi connectivity index (χ4n) is 1.85. The molecule has 1 heterocycles. The average molecular weight is 306 g/mol. The Morgan fingerprint density at radius 3 is 2.52 bits per heavy atom. The van der Waals surface area contributed by atoms with Crippen LogP contribution in [0.25, 0.3) is 11.1 Å².